The first-order valence-electron chi connectivity index (χ1n) is 7.52. The molecule has 0 aromatic heterocycles. The van der Waals surface area contributed by atoms with Crippen molar-refractivity contribution in [3.63, 3.8) is 0 Å². The Labute approximate surface area is 135 Å². The molecule has 2 unspecified atom stereocenters. The standard InChI is InChI=1S/C16H24BrNO3/c1-4-19-15-8-12(9-18-3)7-14(17)16(15)20-10-13-6-5-11(2)21-13/h7-8,11,13,18H,4-6,9-10H2,1-3H3. The highest BCUT2D eigenvalue weighted by atomic mass is 79.9. The molecule has 0 radical (unpaired) electrons. The van der Waals surface area contributed by atoms with Crippen LogP contribution in [0.1, 0.15) is 32.3 Å². The Bertz CT molecular complexity index is 467. The molecule has 21 heavy (non-hydrogen) atoms. The number of benzene rings is 1. The zero-order chi connectivity index (χ0) is 15.2. The Morgan fingerprint density at radius 1 is 1.33 bits per heavy atom. The Balaban J connectivity index is 2.09. The SMILES string of the molecule is CCOc1cc(CNC)cc(Br)c1OCC1CCC(C)O1. The molecular formula is C16H24BrNO3. The molecule has 118 valence electrons. The van der Waals surface area contributed by atoms with Crippen LogP contribution < -0.4 is 14.8 Å². The van der Waals surface area contributed by atoms with Crippen LogP contribution in [0.25, 0.3) is 0 Å². The molecular weight excluding hydrogens is 334 g/mol. The summed E-state index contributed by atoms with van der Waals surface area (Å²) < 4.78 is 18.4. The normalized spacial score (nSPS) is 21.5. The highest BCUT2D eigenvalue weighted by molar-refractivity contribution is 9.10. The lowest BCUT2D eigenvalue weighted by Gasteiger charge is -2.18. The molecule has 0 bridgehead atoms. The van der Waals surface area contributed by atoms with E-state index in [1.165, 1.54) is 0 Å². The van der Waals surface area contributed by atoms with Crippen LogP contribution in [0.5, 0.6) is 11.5 Å². The zero-order valence-electron chi connectivity index (χ0n) is 12.9. The smallest absolute Gasteiger partial charge is 0.175 e. The van der Waals surface area contributed by atoms with Crippen molar-refractivity contribution in [3.8, 4) is 11.5 Å². The molecule has 2 atom stereocenters. The Morgan fingerprint density at radius 3 is 2.76 bits per heavy atom. The first-order valence-corrected chi connectivity index (χ1v) is 8.31. The predicted molar refractivity (Wildman–Crippen MR) is 87.1 cm³/mol. The van der Waals surface area contributed by atoms with Gasteiger partial charge in [-0.1, -0.05) is 0 Å². The van der Waals surface area contributed by atoms with Gasteiger partial charge in [-0.05, 0) is 67.4 Å². The summed E-state index contributed by atoms with van der Waals surface area (Å²) in [6.45, 7) is 6.05. The third kappa shape index (κ3) is 4.59. The zero-order valence-corrected chi connectivity index (χ0v) is 14.5. The highest BCUT2D eigenvalue weighted by Gasteiger charge is 2.23. The van der Waals surface area contributed by atoms with Gasteiger partial charge in [0.05, 0.1) is 23.3 Å². The lowest BCUT2D eigenvalue weighted by atomic mass is 10.2. The minimum Gasteiger partial charge on any atom is -0.490 e. The van der Waals surface area contributed by atoms with Crippen molar-refractivity contribution in [2.24, 2.45) is 0 Å². The van der Waals surface area contributed by atoms with Crippen LogP contribution in [-0.4, -0.2) is 32.5 Å². The van der Waals surface area contributed by atoms with Crippen molar-refractivity contribution in [2.75, 3.05) is 20.3 Å². The molecule has 1 N–H and O–H groups in total. The molecule has 0 spiro atoms. The van der Waals surface area contributed by atoms with Crippen LogP contribution in [0.4, 0.5) is 0 Å². The van der Waals surface area contributed by atoms with Gasteiger partial charge < -0.3 is 19.5 Å². The van der Waals surface area contributed by atoms with E-state index in [1.807, 2.05) is 20.0 Å². The molecule has 4 nitrogen and oxygen atoms in total. The topological polar surface area (TPSA) is 39.7 Å². The van der Waals surface area contributed by atoms with E-state index in [9.17, 15) is 0 Å². The van der Waals surface area contributed by atoms with E-state index < -0.39 is 0 Å². The lowest BCUT2D eigenvalue weighted by molar-refractivity contribution is 0.0256. The maximum Gasteiger partial charge on any atom is 0.175 e. The van der Waals surface area contributed by atoms with Gasteiger partial charge in [0.15, 0.2) is 11.5 Å². The maximum absolute atomic E-state index is 5.97. The average Bonchev–Trinajstić information content (AvgIpc) is 2.84. The van der Waals surface area contributed by atoms with Crippen LogP contribution >= 0.6 is 15.9 Å². The number of hydrogen-bond donors (Lipinski definition) is 1. The van der Waals surface area contributed by atoms with E-state index in [1.54, 1.807) is 0 Å². The number of ether oxygens (including phenoxy) is 3. The van der Waals surface area contributed by atoms with Crippen LogP contribution in [0.15, 0.2) is 16.6 Å². The van der Waals surface area contributed by atoms with Gasteiger partial charge in [-0.25, -0.2) is 0 Å². The molecule has 1 saturated heterocycles. The number of nitrogens with one attached hydrogen (secondary N) is 1. The molecule has 1 aliphatic heterocycles. The molecule has 1 aliphatic rings. The third-order valence-corrected chi connectivity index (χ3v) is 4.07. The van der Waals surface area contributed by atoms with Gasteiger partial charge in [0.25, 0.3) is 0 Å². The van der Waals surface area contributed by atoms with Crippen molar-refractivity contribution in [2.45, 2.75) is 45.4 Å². The fourth-order valence-corrected chi connectivity index (χ4v) is 3.12. The second-order valence-corrected chi connectivity index (χ2v) is 6.18. The number of hydrogen-bond acceptors (Lipinski definition) is 4. The summed E-state index contributed by atoms with van der Waals surface area (Å²) in [7, 11) is 1.93. The summed E-state index contributed by atoms with van der Waals surface area (Å²) in [5.41, 5.74) is 1.16. The number of rotatable bonds is 7. The van der Waals surface area contributed by atoms with Crippen LogP contribution in [-0.2, 0) is 11.3 Å². The van der Waals surface area contributed by atoms with Crippen LogP contribution in [0, 0.1) is 0 Å². The molecule has 0 amide bonds. The molecule has 1 aromatic carbocycles. The van der Waals surface area contributed by atoms with Crippen LogP contribution in [0.2, 0.25) is 0 Å². The molecule has 1 aromatic rings. The first-order chi connectivity index (χ1) is 10.1. The van der Waals surface area contributed by atoms with Gasteiger partial charge in [0, 0.05) is 6.54 Å². The molecule has 1 heterocycles. The summed E-state index contributed by atoms with van der Waals surface area (Å²) in [4.78, 5) is 0. The Morgan fingerprint density at radius 2 is 2.14 bits per heavy atom. The maximum atomic E-state index is 5.97. The minimum absolute atomic E-state index is 0.179. The van der Waals surface area contributed by atoms with E-state index >= 15 is 0 Å². The second kappa shape index (κ2) is 8.01. The van der Waals surface area contributed by atoms with E-state index in [2.05, 4.69) is 34.2 Å². The van der Waals surface area contributed by atoms with Gasteiger partial charge >= 0.3 is 0 Å². The Hall–Kier alpha value is -0.780. The van der Waals surface area contributed by atoms with E-state index in [-0.39, 0.29) is 6.10 Å². The summed E-state index contributed by atoms with van der Waals surface area (Å²) in [5, 5.41) is 3.14. The molecule has 5 heteroatoms. The van der Waals surface area contributed by atoms with Gasteiger partial charge in [-0.15, -0.1) is 0 Å². The average molecular weight is 358 g/mol. The van der Waals surface area contributed by atoms with Gasteiger partial charge in [0.1, 0.15) is 6.61 Å². The monoisotopic (exact) mass is 357 g/mol. The summed E-state index contributed by atoms with van der Waals surface area (Å²) in [5.74, 6) is 1.54. The highest BCUT2D eigenvalue weighted by Crippen LogP contribution is 2.37. The van der Waals surface area contributed by atoms with E-state index in [0.29, 0.717) is 19.3 Å². The summed E-state index contributed by atoms with van der Waals surface area (Å²) in [6.07, 6.45) is 2.68. The molecule has 0 saturated carbocycles. The van der Waals surface area contributed by atoms with Crippen molar-refractivity contribution < 1.29 is 14.2 Å². The Kier molecular flexibility index (Phi) is 6.33. The minimum atomic E-state index is 0.179. The van der Waals surface area contributed by atoms with Crippen molar-refractivity contribution in [1.82, 2.24) is 5.32 Å². The fourth-order valence-electron chi connectivity index (χ4n) is 2.51. The van der Waals surface area contributed by atoms with Crippen molar-refractivity contribution in [3.05, 3.63) is 22.2 Å². The lowest BCUT2D eigenvalue weighted by Crippen LogP contribution is -2.18. The van der Waals surface area contributed by atoms with E-state index in [0.717, 1.165) is 40.9 Å². The van der Waals surface area contributed by atoms with E-state index in [4.69, 9.17) is 14.2 Å². The summed E-state index contributed by atoms with van der Waals surface area (Å²) in [6, 6.07) is 4.09. The second-order valence-electron chi connectivity index (χ2n) is 5.33. The van der Waals surface area contributed by atoms with Crippen molar-refractivity contribution >= 4 is 15.9 Å². The molecule has 1 fully saturated rings. The van der Waals surface area contributed by atoms with Crippen molar-refractivity contribution in [1.29, 1.82) is 0 Å². The first kappa shape index (κ1) is 16.6. The fraction of sp³-hybridized carbons (Fsp3) is 0.625. The quantitative estimate of drug-likeness (QED) is 0.810. The predicted octanol–water partition coefficient (Wildman–Crippen LogP) is 3.51. The van der Waals surface area contributed by atoms with Gasteiger partial charge in [-0.2, -0.15) is 0 Å². The van der Waals surface area contributed by atoms with Gasteiger partial charge in [-0.3, -0.25) is 0 Å². The van der Waals surface area contributed by atoms with Crippen LogP contribution in [0.3, 0.4) is 0 Å². The summed E-state index contributed by atoms with van der Waals surface area (Å²) >= 11 is 3.59. The number of halogens is 1. The van der Waals surface area contributed by atoms with Gasteiger partial charge in [0.2, 0.25) is 0 Å². The largest absolute Gasteiger partial charge is 0.490 e. The molecule has 0 aliphatic carbocycles. The third-order valence-electron chi connectivity index (χ3n) is 3.48. The molecule has 2 rings (SSSR count).